The normalized spacial score (nSPS) is 19.5. The number of carbonyl (C=O) groups excluding carboxylic acids is 2. The molecule has 7 heteroatoms. The fourth-order valence-corrected chi connectivity index (χ4v) is 3.32. The average Bonchev–Trinajstić information content (AvgIpc) is 2.68. The quantitative estimate of drug-likeness (QED) is 0.774. The van der Waals surface area contributed by atoms with Crippen LogP contribution in [-0.4, -0.2) is 43.0 Å². The average molecular weight is 388 g/mol. The molecule has 0 aliphatic carbocycles. The Morgan fingerprint density at radius 2 is 2.00 bits per heavy atom. The molecule has 2 aromatic rings. The Kier molecular flexibility index (Phi) is 6.36. The number of amides is 2. The van der Waals surface area contributed by atoms with Gasteiger partial charge in [-0.2, -0.15) is 0 Å². The zero-order valence-corrected chi connectivity index (χ0v) is 15.5. The number of likely N-dealkylation sites (N-methyl/N-ethyl adjacent to an activating group) is 1. The second kappa shape index (κ2) is 8.93. The van der Waals surface area contributed by atoms with Gasteiger partial charge in [0.1, 0.15) is 18.2 Å². The first-order valence-corrected chi connectivity index (χ1v) is 9.11. The van der Waals surface area contributed by atoms with Gasteiger partial charge in [0.2, 0.25) is 5.91 Å². The highest BCUT2D eigenvalue weighted by molar-refractivity contribution is 5.86. The lowest BCUT2D eigenvalue weighted by molar-refractivity contribution is -0.162. The number of halogens is 2. The van der Waals surface area contributed by atoms with Crippen LogP contribution < -0.4 is 5.32 Å². The highest BCUT2D eigenvalue weighted by Crippen LogP contribution is 2.30. The number of hydrogen-bond acceptors (Lipinski definition) is 3. The maximum Gasteiger partial charge on any atom is 0.251 e. The van der Waals surface area contributed by atoms with Crippen molar-refractivity contribution < 1.29 is 23.1 Å². The van der Waals surface area contributed by atoms with Gasteiger partial charge in [-0.3, -0.25) is 9.59 Å². The topological polar surface area (TPSA) is 58.6 Å². The molecule has 1 aliphatic rings. The van der Waals surface area contributed by atoms with Crippen LogP contribution in [-0.2, 0) is 20.7 Å². The van der Waals surface area contributed by atoms with Crippen LogP contribution in [0.1, 0.15) is 23.6 Å². The Bertz CT molecular complexity index is 859. The van der Waals surface area contributed by atoms with Gasteiger partial charge in [-0.1, -0.05) is 30.3 Å². The van der Waals surface area contributed by atoms with E-state index >= 15 is 0 Å². The minimum Gasteiger partial charge on any atom is -0.356 e. The second-order valence-corrected chi connectivity index (χ2v) is 6.73. The van der Waals surface area contributed by atoms with Crippen LogP contribution in [0.4, 0.5) is 8.78 Å². The van der Waals surface area contributed by atoms with Crippen LogP contribution in [0.3, 0.4) is 0 Å². The summed E-state index contributed by atoms with van der Waals surface area (Å²) in [6.07, 6.45) is 0.216. The fraction of sp³-hybridized carbons (Fsp3) is 0.333. The molecule has 1 heterocycles. The summed E-state index contributed by atoms with van der Waals surface area (Å²) in [5.74, 6) is -1.52. The molecule has 148 valence electrons. The van der Waals surface area contributed by atoms with E-state index in [9.17, 15) is 18.4 Å². The smallest absolute Gasteiger partial charge is 0.251 e. The van der Waals surface area contributed by atoms with Crippen molar-refractivity contribution in [2.45, 2.75) is 25.0 Å². The molecule has 28 heavy (non-hydrogen) atoms. The summed E-state index contributed by atoms with van der Waals surface area (Å²) >= 11 is 0. The maximum absolute atomic E-state index is 14.3. The molecule has 2 atom stereocenters. The largest absolute Gasteiger partial charge is 0.356 e. The van der Waals surface area contributed by atoms with Gasteiger partial charge in [0.15, 0.2) is 6.10 Å². The van der Waals surface area contributed by atoms with E-state index in [4.69, 9.17) is 4.74 Å². The Hall–Kier alpha value is -2.80. The van der Waals surface area contributed by atoms with Crippen LogP contribution in [0.5, 0.6) is 0 Å². The summed E-state index contributed by atoms with van der Waals surface area (Å²) in [6, 6.07) is 11.5. The fourth-order valence-electron chi connectivity index (χ4n) is 3.32. The number of rotatable bonds is 6. The first kappa shape index (κ1) is 19.9. The van der Waals surface area contributed by atoms with Crippen molar-refractivity contribution in [3.8, 4) is 0 Å². The summed E-state index contributed by atoms with van der Waals surface area (Å²) < 4.78 is 32.9. The third-order valence-electron chi connectivity index (χ3n) is 4.80. The molecule has 1 N–H and O–H groups in total. The molecule has 3 rings (SSSR count). The number of nitrogens with zero attached hydrogens (tertiary/aromatic N) is 1. The summed E-state index contributed by atoms with van der Waals surface area (Å²) in [4.78, 5) is 26.0. The van der Waals surface area contributed by atoms with Gasteiger partial charge in [0, 0.05) is 19.2 Å². The highest BCUT2D eigenvalue weighted by atomic mass is 19.1. The minimum atomic E-state index is -1.01. The number of benzene rings is 2. The predicted molar refractivity (Wildman–Crippen MR) is 99.4 cm³/mol. The van der Waals surface area contributed by atoms with Gasteiger partial charge in [-0.25, -0.2) is 8.78 Å². The summed E-state index contributed by atoms with van der Waals surface area (Å²) in [5, 5.41) is 2.77. The molecule has 0 radical (unpaired) electrons. The molecule has 5 nitrogen and oxygen atoms in total. The number of carbonyl (C=O) groups is 2. The first-order chi connectivity index (χ1) is 13.5. The van der Waals surface area contributed by atoms with Crippen LogP contribution in [0.2, 0.25) is 0 Å². The van der Waals surface area contributed by atoms with E-state index in [1.807, 2.05) is 6.07 Å². The Morgan fingerprint density at radius 1 is 1.21 bits per heavy atom. The maximum atomic E-state index is 14.3. The zero-order chi connectivity index (χ0) is 20.1. The molecule has 0 aromatic heterocycles. The van der Waals surface area contributed by atoms with E-state index in [-0.39, 0.29) is 23.9 Å². The lowest BCUT2D eigenvalue weighted by Gasteiger charge is -2.38. The van der Waals surface area contributed by atoms with Crippen LogP contribution in [0, 0.1) is 11.6 Å². The molecular weight excluding hydrogens is 366 g/mol. The van der Waals surface area contributed by atoms with Gasteiger partial charge in [0.25, 0.3) is 5.91 Å². The third-order valence-corrected chi connectivity index (χ3v) is 4.80. The van der Waals surface area contributed by atoms with Crippen LogP contribution >= 0.6 is 0 Å². The van der Waals surface area contributed by atoms with Crippen molar-refractivity contribution in [3.05, 3.63) is 71.3 Å². The molecule has 2 unspecified atom stereocenters. The molecule has 1 aliphatic heterocycles. The number of ether oxygens (including phenoxy) is 1. The molecular formula is C21H22F2N2O3. The predicted octanol–water partition coefficient (Wildman–Crippen LogP) is 2.61. The molecule has 1 fully saturated rings. The second-order valence-electron chi connectivity index (χ2n) is 6.73. The van der Waals surface area contributed by atoms with Gasteiger partial charge < -0.3 is 15.0 Å². The molecule has 0 spiro atoms. The van der Waals surface area contributed by atoms with Gasteiger partial charge in [-0.05, 0) is 36.6 Å². The Morgan fingerprint density at radius 3 is 2.75 bits per heavy atom. The number of hydrogen-bond donors (Lipinski definition) is 1. The summed E-state index contributed by atoms with van der Waals surface area (Å²) in [5.41, 5.74) is 1.08. The van der Waals surface area contributed by atoms with Crippen molar-refractivity contribution in [1.29, 1.82) is 0 Å². The van der Waals surface area contributed by atoms with E-state index < -0.39 is 23.9 Å². The van der Waals surface area contributed by atoms with Crippen molar-refractivity contribution in [2.75, 3.05) is 20.2 Å². The van der Waals surface area contributed by atoms with Crippen LogP contribution in [0.25, 0.3) is 0 Å². The van der Waals surface area contributed by atoms with E-state index in [1.54, 1.807) is 24.3 Å². The van der Waals surface area contributed by atoms with E-state index in [0.717, 1.165) is 5.56 Å². The van der Waals surface area contributed by atoms with Crippen molar-refractivity contribution in [1.82, 2.24) is 10.2 Å². The number of aryl methyl sites for hydroxylation is 1. The summed E-state index contributed by atoms with van der Waals surface area (Å²) in [7, 11) is 1.53. The first-order valence-electron chi connectivity index (χ1n) is 9.11. The lowest BCUT2D eigenvalue weighted by Crippen LogP contribution is -2.53. The monoisotopic (exact) mass is 388 g/mol. The zero-order valence-electron chi connectivity index (χ0n) is 15.5. The number of nitrogens with one attached hydrogen (secondary N) is 1. The molecule has 2 aromatic carbocycles. The lowest BCUT2D eigenvalue weighted by atomic mass is 9.97. The third kappa shape index (κ3) is 4.54. The van der Waals surface area contributed by atoms with Gasteiger partial charge in [-0.15, -0.1) is 0 Å². The number of morpholine rings is 1. The van der Waals surface area contributed by atoms with Crippen molar-refractivity contribution >= 4 is 11.8 Å². The molecule has 1 saturated heterocycles. The molecule has 0 bridgehead atoms. The highest BCUT2D eigenvalue weighted by Gasteiger charge is 2.41. The molecule has 0 saturated carbocycles. The SMILES string of the molecule is CN1C(=O)COC(C(=O)NCCCc2cccc(F)c2)C1c1ccccc1F. The van der Waals surface area contributed by atoms with Crippen molar-refractivity contribution in [3.63, 3.8) is 0 Å². The van der Waals surface area contributed by atoms with E-state index in [1.165, 1.54) is 30.1 Å². The minimum absolute atomic E-state index is 0.233. The van der Waals surface area contributed by atoms with Crippen LogP contribution in [0.15, 0.2) is 48.5 Å². The standard InChI is InChI=1S/C21H22F2N2O3/c1-25-18(26)13-28-20(19(25)16-9-2-3-10-17(16)23)21(27)24-11-5-7-14-6-4-8-15(22)12-14/h2-4,6,8-10,12,19-20H,5,7,11,13H2,1H3,(H,24,27). The Labute approximate surface area is 162 Å². The van der Waals surface area contributed by atoms with E-state index in [2.05, 4.69) is 5.32 Å². The van der Waals surface area contributed by atoms with Gasteiger partial charge >= 0.3 is 0 Å². The Balaban J connectivity index is 1.63. The molecule has 2 amide bonds. The summed E-state index contributed by atoms with van der Waals surface area (Å²) in [6.45, 7) is 0.125. The van der Waals surface area contributed by atoms with Gasteiger partial charge in [0.05, 0.1) is 6.04 Å². The van der Waals surface area contributed by atoms with Crippen molar-refractivity contribution in [2.24, 2.45) is 0 Å². The van der Waals surface area contributed by atoms with E-state index in [0.29, 0.717) is 19.4 Å².